The fourth-order valence-corrected chi connectivity index (χ4v) is 4.58. The summed E-state index contributed by atoms with van der Waals surface area (Å²) in [5.41, 5.74) is 5.50. The largest absolute Gasteiger partial charge is 0.432 e. The molecule has 31 heavy (non-hydrogen) atoms. The van der Waals surface area contributed by atoms with Crippen LogP contribution in [0.3, 0.4) is 0 Å². The number of rotatable bonds is 8. The first kappa shape index (κ1) is 22.0. The average Bonchev–Trinajstić information content (AvgIpc) is 3.12. The predicted molar refractivity (Wildman–Crippen MR) is 124 cm³/mol. The summed E-state index contributed by atoms with van der Waals surface area (Å²) < 4.78 is 12.4. The van der Waals surface area contributed by atoms with Gasteiger partial charge in [-0.1, -0.05) is 13.8 Å². The molecule has 3 aromatic rings. The van der Waals surface area contributed by atoms with Crippen molar-refractivity contribution in [2.24, 2.45) is 0 Å². The van der Waals surface area contributed by atoms with Crippen LogP contribution in [0, 0.1) is 0 Å². The molecule has 0 fully saturated rings. The van der Waals surface area contributed by atoms with Gasteiger partial charge in [-0.3, -0.25) is 0 Å². The van der Waals surface area contributed by atoms with E-state index >= 15 is 0 Å². The van der Waals surface area contributed by atoms with Gasteiger partial charge in [0.25, 0.3) is 0 Å². The van der Waals surface area contributed by atoms with Crippen LogP contribution < -0.4 is 10.2 Å². The molecular weight excluding hydrogens is 390 g/mol. The number of fused-ring (bicyclic) bond motifs is 5. The second-order valence-electron chi connectivity index (χ2n) is 9.50. The van der Waals surface area contributed by atoms with E-state index in [2.05, 4.69) is 56.8 Å². The van der Waals surface area contributed by atoms with Crippen LogP contribution >= 0.6 is 0 Å². The van der Waals surface area contributed by atoms with Crippen LogP contribution in [0.5, 0.6) is 0 Å². The Kier molecular flexibility index (Phi) is 6.17. The Balaban J connectivity index is 1.73. The zero-order valence-electron chi connectivity index (χ0n) is 19.8. The first-order valence-electron chi connectivity index (χ1n) is 11.6. The lowest BCUT2D eigenvalue weighted by atomic mass is 9.87. The Labute approximate surface area is 184 Å². The Morgan fingerprint density at radius 2 is 1.94 bits per heavy atom. The number of hydrogen-bond donors (Lipinski definition) is 2. The Morgan fingerprint density at radius 3 is 2.65 bits per heavy atom. The van der Waals surface area contributed by atoms with Gasteiger partial charge >= 0.3 is 0 Å². The molecule has 4 rings (SSSR count). The van der Waals surface area contributed by atoms with Crippen molar-refractivity contribution in [2.45, 2.75) is 72.5 Å². The first-order valence-corrected chi connectivity index (χ1v) is 11.6. The number of nitrogens with one attached hydrogen (secondary N) is 2. The van der Waals surface area contributed by atoms with Crippen LogP contribution in [-0.2, 0) is 17.8 Å². The van der Waals surface area contributed by atoms with Crippen molar-refractivity contribution in [1.82, 2.24) is 15.0 Å². The number of anilines is 1. The van der Waals surface area contributed by atoms with E-state index in [1.807, 2.05) is 0 Å². The van der Waals surface area contributed by atoms with Crippen LogP contribution in [0.4, 0.5) is 5.82 Å². The van der Waals surface area contributed by atoms with Gasteiger partial charge < -0.3 is 19.4 Å². The van der Waals surface area contributed by atoms with Crippen molar-refractivity contribution in [3.8, 4) is 0 Å². The lowest BCUT2D eigenvalue weighted by Crippen LogP contribution is -3.11. The number of nitrogens with zero attached hydrogens (tertiary/aromatic N) is 3. The first-order chi connectivity index (χ1) is 14.8. The SMILES string of the molecule is CC[NH+](CC)CCCNc1ncnc2c1oc1nc(C(C)C)c3c(c12)CC(C)(C)OC3. The summed E-state index contributed by atoms with van der Waals surface area (Å²) in [5.74, 6) is 1.05. The summed E-state index contributed by atoms with van der Waals surface area (Å²) in [4.78, 5) is 15.6. The zero-order valence-corrected chi connectivity index (χ0v) is 19.8. The fourth-order valence-electron chi connectivity index (χ4n) is 4.58. The van der Waals surface area contributed by atoms with Gasteiger partial charge in [0.05, 0.1) is 42.9 Å². The second kappa shape index (κ2) is 8.71. The number of quaternary nitrogens is 1. The van der Waals surface area contributed by atoms with Crippen LogP contribution in [0.2, 0.25) is 0 Å². The van der Waals surface area contributed by atoms with E-state index in [0.29, 0.717) is 23.8 Å². The summed E-state index contributed by atoms with van der Waals surface area (Å²) in [7, 11) is 0. The molecule has 0 spiro atoms. The lowest BCUT2D eigenvalue weighted by molar-refractivity contribution is -0.896. The van der Waals surface area contributed by atoms with E-state index in [4.69, 9.17) is 14.1 Å². The number of hydrogen-bond acceptors (Lipinski definition) is 6. The number of ether oxygens (including phenoxy) is 1. The standard InChI is InChI=1S/C24H35N5O2/c1-7-29(8-2)11-9-10-25-22-21-20(26-14-27-22)18-16-12-24(5,6)30-13-17(16)19(15(3)4)28-23(18)31-21/h14-15H,7-13H2,1-6H3,(H,25,26,27)/p+1. The molecule has 0 bridgehead atoms. The molecule has 0 atom stereocenters. The number of pyridine rings is 1. The molecule has 7 heteroatoms. The maximum Gasteiger partial charge on any atom is 0.229 e. The summed E-state index contributed by atoms with van der Waals surface area (Å²) in [6.07, 6.45) is 3.52. The van der Waals surface area contributed by atoms with Crippen molar-refractivity contribution in [1.29, 1.82) is 0 Å². The summed E-state index contributed by atoms with van der Waals surface area (Å²) in [6, 6.07) is 0. The van der Waals surface area contributed by atoms with Crippen molar-refractivity contribution in [2.75, 3.05) is 31.5 Å². The van der Waals surface area contributed by atoms with Crippen molar-refractivity contribution < 1.29 is 14.1 Å². The minimum atomic E-state index is -0.222. The molecule has 7 nitrogen and oxygen atoms in total. The third kappa shape index (κ3) is 4.26. The molecule has 0 aromatic carbocycles. The van der Waals surface area contributed by atoms with Gasteiger partial charge in [-0.2, -0.15) is 0 Å². The fraction of sp³-hybridized carbons (Fsp3) is 0.625. The van der Waals surface area contributed by atoms with Gasteiger partial charge in [0, 0.05) is 24.9 Å². The highest BCUT2D eigenvalue weighted by Gasteiger charge is 2.32. The molecule has 0 aliphatic carbocycles. The second-order valence-corrected chi connectivity index (χ2v) is 9.50. The molecule has 3 aromatic heterocycles. The number of aromatic nitrogens is 3. The molecular formula is C24H36N5O2+. The molecule has 1 aliphatic rings. The van der Waals surface area contributed by atoms with Crippen LogP contribution in [0.25, 0.3) is 22.2 Å². The highest BCUT2D eigenvalue weighted by atomic mass is 16.5. The lowest BCUT2D eigenvalue weighted by Gasteiger charge is -2.33. The van der Waals surface area contributed by atoms with Gasteiger partial charge in [-0.15, -0.1) is 0 Å². The molecule has 0 radical (unpaired) electrons. The maximum atomic E-state index is 6.28. The normalized spacial score (nSPS) is 15.9. The molecule has 0 saturated heterocycles. The van der Waals surface area contributed by atoms with Crippen LogP contribution in [-0.4, -0.2) is 46.7 Å². The molecule has 0 unspecified atom stereocenters. The molecule has 4 heterocycles. The quantitative estimate of drug-likeness (QED) is 0.537. The highest BCUT2D eigenvalue weighted by molar-refractivity contribution is 6.06. The van der Waals surface area contributed by atoms with E-state index in [0.717, 1.165) is 61.4 Å². The Morgan fingerprint density at radius 1 is 1.16 bits per heavy atom. The minimum Gasteiger partial charge on any atom is -0.432 e. The van der Waals surface area contributed by atoms with Gasteiger partial charge in [-0.05, 0) is 39.2 Å². The predicted octanol–water partition coefficient (Wildman–Crippen LogP) is 3.47. The molecule has 0 saturated carbocycles. The third-order valence-electron chi connectivity index (χ3n) is 6.41. The smallest absolute Gasteiger partial charge is 0.229 e. The topological polar surface area (TPSA) is 77.5 Å². The maximum absolute atomic E-state index is 6.28. The van der Waals surface area contributed by atoms with E-state index in [9.17, 15) is 0 Å². The van der Waals surface area contributed by atoms with E-state index < -0.39 is 0 Å². The van der Waals surface area contributed by atoms with Crippen molar-refractivity contribution in [3.63, 3.8) is 0 Å². The Bertz CT molecular complexity index is 1070. The molecule has 0 amide bonds. The minimum absolute atomic E-state index is 0.222. The van der Waals surface area contributed by atoms with Gasteiger partial charge in [-0.25, -0.2) is 15.0 Å². The molecule has 1 aliphatic heterocycles. The Hall–Kier alpha value is -2.25. The molecule has 2 N–H and O–H groups in total. The van der Waals surface area contributed by atoms with Gasteiger partial charge in [0.2, 0.25) is 5.71 Å². The van der Waals surface area contributed by atoms with Crippen LogP contribution in [0.1, 0.15) is 70.7 Å². The van der Waals surface area contributed by atoms with E-state index in [1.54, 1.807) is 11.2 Å². The van der Waals surface area contributed by atoms with E-state index in [1.165, 1.54) is 11.1 Å². The zero-order chi connectivity index (χ0) is 22.2. The summed E-state index contributed by atoms with van der Waals surface area (Å²) in [5, 5.41) is 4.49. The van der Waals surface area contributed by atoms with Gasteiger partial charge in [0.1, 0.15) is 11.8 Å². The highest BCUT2D eigenvalue weighted by Crippen LogP contribution is 2.40. The van der Waals surface area contributed by atoms with Crippen molar-refractivity contribution >= 4 is 28.0 Å². The monoisotopic (exact) mass is 426 g/mol. The molecule has 168 valence electrons. The summed E-state index contributed by atoms with van der Waals surface area (Å²) in [6.45, 7) is 18.0. The van der Waals surface area contributed by atoms with Crippen molar-refractivity contribution in [3.05, 3.63) is 23.1 Å². The average molecular weight is 427 g/mol. The van der Waals surface area contributed by atoms with Gasteiger partial charge in [0.15, 0.2) is 11.4 Å². The summed E-state index contributed by atoms with van der Waals surface area (Å²) >= 11 is 0. The van der Waals surface area contributed by atoms with Crippen LogP contribution in [0.15, 0.2) is 10.7 Å². The van der Waals surface area contributed by atoms with E-state index in [-0.39, 0.29) is 5.60 Å². The third-order valence-corrected chi connectivity index (χ3v) is 6.41. The number of furan rings is 1.